The molecule has 0 N–H and O–H groups in total. The molecule has 26 heavy (non-hydrogen) atoms. The molecule has 3 nitrogen and oxygen atoms in total. The molecule has 2 aromatic rings. The molecule has 1 heterocycles. The van der Waals surface area contributed by atoms with E-state index >= 15 is 0 Å². The van der Waals surface area contributed by atoms with Crippen LogP contribution in [-0.4, -0.2) is 24.0 Å². The van der Waals surface area contributed by atoms with E-state index in [1.54, 1.807) is 12.1 Å². The van der Waals surface area contributed by atoms with Crippen LogP contribution < -0.4 is 4.74 Å². The van der Waals surface area contributed by atoms with Crippen LogP contribution in [0.4, 0.5) is 8.78 Å². The fourth-order valence-corrected chi connectivity index (χ4v) is 3.56. The molecule has 138 valence electrons. The number of likely N-dealkylation sites (tertiary alicyclic amines) is 1. The Bertz CT molecular complexity index is 752. The number of alkyl halides is 2. The van der Waals surface area contributed by atoms with Crippen molar-refractivity contribution in [3.63, 3.8) is 0 Å². The van der Waals surface area contributed by atoms with E-state index < -0.39 is 6.61 Å². The van der Waals surface area contributed by atoms with E-state index in [2.05, 4.69) is 4.74 Å². The third-order valence-corrected chi connectivity index (χ3v) is 4.82. The van der Waals surface area contributed by atoms with Gasteiger partial charge in [0.1, 0.15) is 5.75 Å². The van der Waals surface area contributed by atoms with Gasteiger partial charge in [0.2, 0.25) is 5.91 Å². The van der Waals surface area contributed by atoms with Crippen LogP contribution in [0.2, 0.25) is 5.02 Å². The molecule has 0 bridgehead atoms. The molecule has 1 amide bonds. The number of ether oxygens (including phenoxy) is 1. The molecule has 6 heteroatoms. The van der Waals surface area contributed by atoms with Crippen LogP contribution >= 0.6 is 11.6 Å². The number of hydrogen-bond acceptors (Lipinski definition) is 2. The molecule has 0 spiro atoms. The summed E-state index contributed by atoms with van der Waals surface area (Å²) in [7, 11) is 0. The molecule has 2 aromatic carbocycles. The normalized spacial score (nSPS) is 16.9. The highest BCUT2D eigenvalue weighted by Gasteiger charge is 2.29. The van der Waals surface area contributed by atoms with E-state index in [1.807, 2.05) is 29.2 Å². The molecule has 0 aliphatic carbocycles. The van der Waals surface area contributed by atoms with E-state index in [9.17, 15) is 13.6 Å². The quantitative estimate of drug-likeness (QED) is 0.687. The van der Waals surface area contributed by atoms with E-state index in [-0.39, 0.29) is 17.7 Å². The van der Waals surface area contributed by atoms with Crippen LogP contribution in [-0.2, 0) is 11.2 Å². The Balaban J connectivity index is 1.59. The van der Waals surface area contributed by atoms with Crippen LogP contribution in [0.3, 0.4) is 0 Å². The first-order valence-electron chi connectivity index (χ1n) is 8.61. The molecular weight excluding hydrogens is 360 g/mol. The average molecular weight is 380 g/mol. The first kappa shape index (κ1) is 18.6. The van der Waals surface area contributed by atoms with Gasteiger partial charge in [-0.2, -0.15) is 8.78 Å². The van der Waals surface area contributed by atoms with Gasteiger partial charge in [0, 0.05) is 18.0 Å². The lowest BCUT2D eigenvalue weighted by atomic mass is 10.0. The van der Waals surface area contributed by atoms with Crippen LogP contribution in [0.1, 0.15) is 36.4 Å². The number of hydrogen-bond donors (Lipinski definition) is 0. The lowest BCUT2D eigenvalue weighted by molar-refractivity contribution is -0.132. The van der Waals surface area contributed by atoms with Gasteiger partial charge in [-0.1, -0.05) is 35.9 Å². The smallest absolute Gasteiger partial charge is 0.387 e. The van der Waals surface area contributed by atoms with E-state index in [0.29, 0.717) is 17.9 Å². The van der Waals surface area contributed by atoms with Crippen LogP contribution in [0, 0.1) is 0 Å². The van der Waals surface area contributed by atoms with Crippen LogP contribution in [0.15, 0.2) is 48.5 Å². The van der Waals surface area contributed by atoms with Crippen molar-refractivity contribution in [2.45, 2.75) is 38.3 Å². The van der Waals surface area contributed by atoms with Gasteiger partial charge < -0.3 is 9.64 Å². The standard InChI is InChI=1S/C20H20ClF2NO2/c21-16-4-1-3-15(13-16)18-5-2-12-24(18)19(25)11-8-14-6-9-17(10-7-14)26-20(22)23/h1,3-4,6-7,9-10,13,18,20H,2,5,8,11-12H2. The van der Waals surface area contributed by atoms with Gasteiger partial charge in [0.05, 0.1) is 6.04 Å². The Morgan fingerprint density at radius 1 is 1.23 bits per heavy atom. The lowest BCUT2D eigenvalue weighted by Gasteiger charge is -2.25. The molecule has 1 aliphatic rings. The van der Waals surface area contributed by atoms with Crippen LogP contribution in [0.25, 0.3) is 0 Å². The second-order valence-electron chi connectivity index (χ2n) is 6.32. The Kier molecular flexibility index (Phi) is 6.09. The van der Waals surface area contributed by atoms with Crippen LogP contribution in [0.5, 0.6) is 5.75 Å². The maximum atomic E-state index is 12.7. The lowest BCUT2D eigenvalue weighted by Crippen LogP contribution is -2.30. The number of carbonyl (C=O) groups is 1. The highest BCUT2D eigenvalue weighted by molar-refractivity contribution is 6.30. The van der Waals surface area contributed by atoms with E-state index in [0.717, 1.165) is 30.5 Å². The summed E-state index contributed by atoms with van der Waals surface area (Å²) in [4.78, 5) is 14.6. The molecule has 1 unspecified atom stereocenters. The fraction of sp³-hybridized carbons (Fsp3) is 0.350. The van der Waals surface area contributed by atoms with E-state index in [4.69, 9.17) is 11.6 Å². The Morgan fingerprint density at radius 3 is 2.69 bits per heavy atom. The number of nitrogens with zero attached hydrogens (tertiary/aromatic N) is 1. The minimum absolute atomic E-state index is 0.0722. The van der Waals surface area contributed by atoms with Gasteiger partial charge in [-0.3, -0.25) is 4.79 Å². The summed E-state index contributed by atoms with van der Waals surface area (Å²) >= 11 is 6.08. The first-order valence-corrected chi connectivity index (χ1v) is 8.99. The topological polar surface area (TPSA) is 29.5 Å². The summed E-state index contributed by atoms with van der Waals surface area (Å²) in [6, 6.07) is 14.1. The summed E-state index contributed by atoms with van der Waals surface area (Å²) in [6.07, 6.45) is 2.85. The predicted molar refractivity (Wildman–Crippen MR) is 96.5 cm³/mol. The van der Waals surface area contributed by atoms with Crippen molar-refractivity contribution in [1.29, 1.82) is 0 Å². The minimum atomic E-state index is -2.83. The largest absolute Gasteiger partial charge is 0.435 e. The van der Waals surface area contributed by atoms with Gasteiger partial charge in [0.25, 0.3) is 0 Å². The third kappa shape index (κ3) is 4.73. The summed E-state index contributed by atoms with van der Waals surface area (Å²) in [5, 5.41) is 0.674. The summed E-state index contributed by atoms with van der Waals surface area (Å²) < 4.78 is 28.7. The van der Waals surface area contributed by atoms with Crippen molar-refractivity contribution in [1.82, 2.24) is 4.90 Å². The fourth-order valence-electron chi connectivity index (χ4n) is 3.36. The van der Waals surface area contributed by atoms with Crippen molar-refractivity contribution in [2.75, 3.05) is 6.54 Å². The number of carbonyl (C=O) groups excluding carboxylic acids is 1. The second kappa shape index (κ2) is 8.49. The Labute approximate surface area is 156 Å². The number of aryl methyl sites for hydroxylation is 1. The number of amides is 1. The van der Waals surface area contributed by atoms with E-state index in [1.165, 1.54) is 12.1 Å². The van der Waals surface area contributed by atoms with Crippen molar-refractivity contribution in [3.8, 4) is 5.75 Å². The van der Waals surface area contributed by atoms with Gasteiger partial charge >= 0.3 is 6.61 Å². The SMILES string of the molecule is O=C(CCc1ccc(OC(F)F)cc1)N1CCCC1c1cccc(Cl)c1. The van der Waals surface area contributed by atoms with Crippen molar-refractivity contribution in [2.24, 2.45) is 0 Å². The minimum Gasteiger partial charge on any atom is -0.435 e. The highest BCUT2D eigenvalue weighted by atomic mass is 35.5. The molecule has 1 atom stereocenters. The zero-order valence-electron chi connectivity index (χ0n) is 14.2. The summed E-state index contributed by atoms with van der Waals surface area (Å²) in [6.45, 7) is -2.09. The maximum Gasteiger partial charge on any atom is 0.387 e. The maximum absolute atomic E-state index is 12.7. The second-order valence-corrected chi connectivity index (χ2v) is 6.76. The number of halogens is 3. The number of rotatable bonds is 6. The molecule has 1 fully saturated rings. The van der Waals surface area contributed by atoms with Gasteiger partial charge in [-0.15, -0.1) is 0 Å². The average Bonchev–Trinajstić information content (AvgIpc) is 3.10. The zero-order chi connectivity index (χ0) is 18.5. The molecule has 1 aliphatic heterocycles. The molecule has 0 radical (unpaired) electrons. The summed E-state index contributed by atoms with van der Waals surface area (Å²) in [5.74, 6) is 0.219. The predicted octanol–water partition coefficient (Wildman–Crippen LogP) is 5.24. The number of benzene rings is 2. The van der Waals surface area contributed by atoms with Gasteiger partial charge in [0.15, 0.2) is 0 Å². The summed E-state index contributed by atoms with van der Waals surface area (Å²) in [5.41, 5.74) is 1.98. The molecule has 3 rings (SSSR count). The van der Waals surface area contributed by atoms with Crippen molar-refractivity contribution in [3.05, 3.63) is 64.7 Å². The Hall–Kier alpha value is -2.14. The third-order valence-electron chi connectivity index (χ3n) is 4.58. The monoisotopic (exact) mass is 379 g/mol. The highest BCUT2D eigenvalue weighted by Crippen LogP contribution is 2.33. The molecular formula is C20H20ClF2NO2. The zero-order valence-corrected chi connectivity index (χ0v) is 15.0. The van der Waals surface area contributed by atoms with Crippen molar-refractivity contribution < 1.29 is 18.3 Å². The van der Waals surface area contributed by atoms with Gasteiger partial charge in [-0.05, 0) is 54.7 Å². The van der Waals surface area contributed by atoms with Gasteiger partial charge in [-0.25, -0.2) is 0 Å². The Morgan fingerprint density at radius 2 is 2.00 bits per heavy atom. The molecule has 1 saturated heterocycles. The molecule has 0 saturated carbocycles. The first-order chi connectivity index (χ1) is 12.5. The molecule has 0 aromatic heterocycles. The van der Waals surface area contributed by atoms with Crippen molar-refractivity contribution >= 4 is 17.5 Å².